The Bertz CT molecular complexity index is 909. The van der Waals surface area contributed by atoms with Gasteiger partial charge in [-0.05, 0) is 49.7 Å². The second-order valence-electron chi connectivity index (χ2n) is 7.07. The fraction of sp³-hybridized carbons (Fsp3) is 0.381. The van der Waals surface area contributed by atoms with Gasteiger partial charge in [-0.2, -0.15) is 0 Å². The van der Waals surface area contributed by atoms with E-state index in [4.69, 9.17) is 0 Å². The number of aryl methyl sites for hydroxylation is 1. The molecule has 0 saturated carbocycles. The Kier molecular flexibility index (Phi) is 7.35. The summed E-state index contributed by atoms with van der Waals surface area (Å²) in [6.07, 6.45) is 0.998. The molecule has 1 atom stereocenters. The van der Waals surface area contributed by atoms with Crippen LogP contribution in [0.1, 0.15) is 25.0 Å². The number of carbonyl (C=O) groups is 1. The molecule has 0 bridgehead atoms. The average molecular weight is 404 g/mol. The molecule has 2 rings (SSSR count). The molecule has 0 aliphatic rings. The van der Waals surface area contributed by atoms with E-state index in [1.807, 2.05) is 18.9 Å². The smallest absolute Gasteiger partial charge is 0.242 e. The summed E-state index contributed by atoms with van der Waals surface area (Å²) >= 11 is 0. The number of nitrogens with zero attached hydrogens (tertiary/aromatic N) is 2. The zero-order chi connectivity index (χ0) is 20.9. The number of anilines is 1. The van der Waals surface area contributed by atoms with Crippen LogP contribution in [0.5, 0.6) is 0 Å². The first-order valence-electron chi connectivity index (χ1n) is 9.26. The van der Waals surface area contributed by atoms with Gasteiger partial charge in [0.1, 0.15) is 0 Å². The average Bonchev–Trinajstić information content (AvgIpc) is 2.67. The SMILES string of the molecule is CCc1ccc(CN(C)[C@@H](C)C(=O)Nc2cccc(S(=O)(=O)N(C)C)c2)cc1. The van der Waals surface area contributed by atoms with Crippen molar-refractivity contribution in [3.8, 4) is 0 Å². The van der Waals surface area contributed by atoms with E-state index in [0.29, 0.717) is 12.2 Å². The van der Waals surface area contributed by atoms with Gasteiger partial charge in [0, 0.05) is 26.3 Å². The molecule has 2 aromatic carbocycles. The van der Waals surface area contributed by atoms with Crippen molar-refractivity contribution in [1.29, 1.82) is 0 Å². The summed E-state index contributed by atoms with van der Waals surface area (Å²) < 4.78 is 25.7. The third kappa shape index (κ3) is 5.41. The number of rotatable bonds is 8. The van der Waals surface area contributed by atoms with E-state index in [1.165, 1.54) is 31.8 Å². The molecule has 0 aliphatic heterocycles. The highest BCUT2D eigenvalue weighted by Crippen LogP contribution is 2.18. The van der Waals surface area contributed by atoms with E-state index in [0.717, 1.165) is 16.3 Å². The minimum atomic E-state index is -3.55. The Hall–Kier alpha value is -2.22. The van der Waals surface area contributed by atoms with Crippen LogP contribution in [0.4, 0.5) is 5.69 Å². The zero-order valence-corrected chi connectivity index (χ0v) is 18.0. The predicted molar refractivity (Wildman–Crippen MR) is 113 cm³/mol. The van der Waals surface area contributed by atoms with Crippen LogP contribution in [-0.2, 0) is 27.8 Å². The molecule has 2 aromatic rings. The van der Waals surface area contributed by atoms with Gasteiger partial charge >= 0.3 is 0 Å². The van der Waals surface area contributed by atoms with Gasteiger partial charge in [0.15, 0.2) is 0 Å². The van der Waals surface area contributed by atoms with Crippen molar-refractivity contribution in [3.63, 3.8) is 0 Å². The number of hydrogen-bond acceptors (Lipinski definition) is 4. The van der Waals surface area contributed by atoms with Crippen LogP contribution < -0.4 is 5.32 Å². The van der Waals surface area contributed by atoms with E-state index in [9.17, 15) is 13.2 Å². The molecule has 28 heavy (non-hydrogen) atoms. The third-order valence-corrected chi connectivity index (χ3v) is 6.60. The zero-order valence-electron chi connectivity index (χ0n) is 17.1. The van der Waals surface area contributed by atoms with Crippen LogP contribution in [0.2, 0.25) is 0 Å². The fourth-order valence-corrected chi connectivity index (χ4v) is 3.65. The van der Waals surface area contributed by atoms with Crippen LogP contribution in [0.3, 0.4) is 0 Å². The lowest BCUT2D eigenvalue weighted by Crippen LogP contribution is -2.39. The summed E-state index contributed by atoms with van der Waals surface area (Å²) in [7, 11) is 1.30. The topological polar surface area (TPSA) is 69.7 Å². The van der Waals surface area contributed by atoms with Gasteiger partial charge in [-0.3, -0.25) is 9.69 Å². The minimum absolute atomic E-state index is 0.146. The van der Waals surface area contributed by atoms with Gasteiger partial charge in [-0.15, -0.1) is 0 Å². The summed E-state index contributed by atoms with van der Waals surface area (Å²) in [6.45, 7) is 4.59. The quantitative estimate of drug-likeness (QED) is 0.736. The Morgan fingerprint density at radius 3 is 2.21 bits per heavy atom. The number of amides is 1. The van der Waals surface area contributed by atoms with Crippen molar-refractivity contribution in [2.75, 3.05) is 26.5 Å². The molecule has 0 fully saturated rings. The Balaban J connectivity index is 2.05. The van der Waals surface area contributed by atoms with E-state index in [2.05, 4.69) is 36.5 Å². The molecule has 152 valence electrons. The third-order valence-electron chi connectivity index (χ3n) is 4.78. The largest absolute Gasteiger partial charge is 0.325 e. The van der Waals surface area contributed by atoms with Crippen LogP contribution in [0, 0.1) is 0 Å². The van der Waals surface area contributed by atoms with Crippen LogP contribution in [0.15, 0.2) is 53.4 Å². The van der Waals surface area contributed by atoms with Crippen molar-refractivity contribution in [3.05, 3.63) is 59.7 Å². The summed E-state index contributed by atoms with van der Waals surface area (Å²) in [5, 5.41) is 2.81. The number of nitrogens with one attached hydrogen (secondary N) is 1. The Morgan fingerprint density at radius 1 is 1.04 bits per heavy atom. The van der Waals surface area contributed by atoms with Crippen molar-refractivity contribution in [2.45, 2.75) is 37.8 Å². The molecule has 0 saturated heterocycles. The first-order chi connectivity index (χ1) is 13.1. The second kappa shape index (κ2) is 9.32. The van der Waals surface area contributed by atoms with Gasteiger partial charge in [-0.25, -0.2) is 12.7 Å². The molecule has 0 unspecified atom stereocenters. The number of carbonyl (C=O) groups excluding carboxylic acids is 1. The number of hydrogen-bond donors (Lipinski definition) is 1. The molecule has 0 aliphatic carbocycles. The highest BCUT2D eigenvalue weighted by atomic mass is 32.2. The Labute approximate surface area is 168 Å². The van der Waals surface area contributed by atoms with Crippen LogP contribution in [-0.4, -0.2) is 50.7 Å². The van der Waals surface area contributed by atoms with E-state index in [-0.39, 0.29) is 16.8 Å². The van der Waals surface area contributed by atoms with Gasteiger partial charge in [0.25, 0.3) is 0 Å². The molecule has 7 heteroatoms. The van der Waals surface area contributed by atoms with Gasteiger partial charge in [0.05, 0.1) is 10.9 Å². The lowest BCUT2D eigenvalue weighted by molar-refractivity contribution is -0.120. The van der Waals surface area contributed by atoms with E-state index < -0.39 is 10.0 Å². The number of likely N-dealkylation sites (N-methyl/N-ethyl adjacent to an activating group) is 1. The highest BCUT2D eigenvalue weighted by molar-refractivity contribution is 7.89. The summed E-state index contributed by atoms with van der Waals surface area (Å²) in [6, 6.07) is 14.3. The lowest BCUT2D eigenvalue weighted by atomic mass is 10.1. The monoisotopic (exact) mass is 403 g/mol. The summed E-state index contributed by atoms with van der Waals surface area (Å²) in [5.41, 5.74) is 2.88. The van der Waals surface area contributed by atoms with E-state index >= 15 is 0 Å². The molecule has 0 aromatic heterocycles. The molecule has 0 heterocycles. The van der Waals surface area contributed by atoms with Gasteiger partial charge in [-0.1, -0.05) is 37.3 Å². The van der Waals surface area contributed by atoms with Crippen molar-refractivity contribution in [1.82, 2.24) is 9.21 Å². The molecule has 1 N–H and O–H groups in total. The predicted octanol–water partition coefficient (Wildman–Crippen LogP) is 2.96. The molecule has 0 radical (unpaired) electrons. The maximum Gasteiger partial charge on any atom is 0.242 e. The normalized spacial score (nSPS) is 13.0. The molecular formula is C21H29N3O3S. The van der Waals surface area contributed by atoms with Gasteiger partial charge in [0.2, 0.25) is 15.9 Å². The first kappa shape index (κ1) is 22.1. The second-order valence-corrected chi connectivity index (χ2v) is 9.22. The maximum atomic E-state index is 12.6. The number of benzene rings is 2. The van der Waals surface area contributed by atoms with Crippen molar-refractivity contribution >= 4 is 21.6 Å². The first-order valence-corrected chi connectivity index (χ1v) is 10.7. The number of sulfonamides is 1. The van der Waals surface area contributed by atoms with E-state index in [1.54, 1.807) is 12.1 Å². The van der Waals surface area contributed by atoms with Crippen LogP contribution in [0.25, 0.3) is 0 Å². The van der Waals surface area contributed by atoms with Crippen LogP contribution >= 0.6 is 0 Å². The minimum Gasteiger partial charge on any atom is -0.325 e. The lowest BCUT2D eigenvalue weighted by Gasteiger charge is -2.24. The summed E-state index contributed by atoms with van der Waals surface area (Å²) in [4.78, 5) is 14.7. The van der Waals surface area contributed by atoms with Crippen molar-refractivity contribution in [2.24, 2.45) is 0 Å². The Morgan fingerprint density at radius 2 is 1.64 bits per heavy atom. The van der Waals surface area contributed by atoms with Crippen molar-refractivity contribution < 1.29 is 13.2 Å². The molecule has 0 spiro atoms. The highest BCUT2D eigenvalue weighted by Gasteiger charge is 2.20. The molecule has 1 amide bonds. The van der Waals surface area contributed by atoms with Gasteiger partial charge < -0.3 is 5.32 Å². The summed E-state index contributed by atoms with van der Waals surface area (Å²) in [5.74, 6) is -0.188. The molecule has 6 nitrogen and oxygen atoms in total. The standard InChI is InChI=1S/C21H29N3O3S/c1-6-17-10-12-18(13-11-17)15-24(5)16(2)21(25)22-19-8-7-9-20(14-19)28(26,27)23(3)4/h7-14,16H,6,15H2,1-5H3,(H,22,25)/t16-/m0/s1. The maximum absolute atomic E-state index is 12.6. The molecular weight excluding hydrogens is 374 g/mol. The fourth-order valence-electron chi connectivity index (χ4n) is 2.70.